The highest BCUT2D eigenvalue weighted by Crippen LogP contribution is 2.29. The summed E-state index contributed by atoms with van der Waals surface area (Å²) in [6, 6.07) is 12.2. The molecule has 0 spiro atoms. The van der Waals surface area contributed by atoms with Gasteiger partial charge >= 0.3 is 0 Å². The molecule has 2 aromatic heterocycles. The van der Waals surface area contributed by atoms with Crippen LogP contribution in [-0.2, 0) is 11.2 Å². The lowest BCUT2D eigenvalue weighted by Crippen LogP contribution is -2.28. The van der Waals surface area contributed by atoms with Gasteiger partial charge in [0, 0.05) is 42.6 Å². The zero-order chi connectivity index (χ0) is 20.2. The molecule has 4 rings (SSSR count). The van der Waals surface area contributed by atoms with Gasteiger partial charge in [-0.2, -0.15) is 0 Å². The molecule has 1 fully saturated rings. The molecular formula is C22H25N5OS. The van der Waals surface area contributed by atoms with Crippen molar-refractivity contribution in [1.82, 2.24) is 19.9 Å². The third-order valence-corrected chi connectivity index (χ3v) is 5.97. The molecule has 6 nitrogen and oxygen atoms in total. The summed E-state index contributed by atoms with van der Waals surface area (Å²) in [5.74, 6) is 1.96. The number of aromatic nitrogens is 3. The Kier molecular flexibility index (Phi) is 5.85. The van der Waals surface area contributed by atoms with E-state index in [-0.39, 0.29) is 11.8 Å². The highest BCUT2D eigenvalue weighted by molar-refractivity contribution is 7.15. The molecule has 1 atom stereocenters. The number of benzene rings is 1. The molecule has 0 radical (unpaired) electrons. The zero-order valence-electron chi connectivity index (χ0n) is 16.8. The number of rotatable bonds is 6. The second-order valence-corrected chi connectivity index (χ2v) is 8.67. The molecule has 1 aliphatic heterocycles. The van der Waals surface area contributed by atoms with E-state index in [2.05, 4.69) is 32.4 Å². The van der Waals surface area contributed by atoms with Gasteiger partial charge in [-0.05, 0) is 32.3 Å². The lowest BCUT2D eigenvalue weighted by Gasteiger charge is -2.17. The van der Waals surface area contributed by atoms with Gasteiger partial charge in [0.2, 0.25) is 5.91 Å². The summed E-state index contributed by atoms with van der Waals surface area (Å²) in [5.41, 5.74) is 2.20. The number of anilines is 2. The Labute approximate surface area is 175 Å². The maximum absolute atomic E-state index is 12.6. The van der Waals surface area contributed by atoms with Gasteiger partial charge in [0.05, 0.1) is 5.69 Å². The molecule has 0 saturated carbocycles. The molecule has 1 aliphatic rings. The number of amides is 1. The third-order valence-electron chi connectivity index (χ3n) is 5.14. The van der Waals surface area contributed by atoms with Crippen LogP contribution in [0, 0.1) is 13.8 Å². The minimum atomic E-state index is 0.221. The molecule has 3 heterocycles. The fraction of sp³-hybridized carbons (Fsp3) is 0.364. The Hall–Kier alpha value is -2.80. The topological polar surface area (TPSA) is 71.0 Å². The van der Waals surface area contributed by atoms with Crippen LogP contribution in [0.4, 0.5) is 10.9 Å². The summed E-state index contributed by atoms with van der Waals surface area (Å²) in [7, 11) is 0. The summed E-state index contributed by atoms with van der Waals surface area (Å²) in [5, 5.41) is 4.11. The standard InChI is InChI=1S/C22H25N5OS/c1-15-13-23-22(29-15)26-20-12-19(24-16(2)25-20)18-10-11-27(14-18)21(28)9-8-17-6-4-3-5-7-17/h3-7,12-13,18H,8-11,14H2,1-2H3,(H,23,24,25,26)/t18-/m0/s1. The van der Waals surface area contributed by atoms with Crippen LogP contribution in [0.15, 0.2) is 42.6 Å². The van der Waals surface area contributed by atoms with E-state index in [1.165, 1.54) is 5.56 Å². The Morgan fingerprint density at radius 1 is 1.24 bits per heavy atom. The van der Waals surface area contributed by atoms with E-state index >= 15 is 0 Å². The zero-order valence-corrected chi connectivity index (χ0v) is 17.6. The molecule has 1 aromatic carbocycles. The molecule has 1 saturated heterocycles. The first kappa shape index (κ1) is 19.5. The number of nitrogens with one attached hydrogen (secondary N) is 1. The number of hydrogen-bond acceptors (Lipinski definition) is 6. The molecule has 3 aromatic rings. The Balaban J connectivity index is 1.38. The van der Waals surface area contributed by atoms with Gasteiger partial charge in [-0.3, -0.25) is 4.79 Å². The molecule has 0 aliphatic carbocycles. The highest BCUT2D eigenvalue weighted by Gasteiger charge is 2.28. The van der Waals surface area contributed by atoms with Gasteiger partial charge in [0.1, 0.15) is 11.6 Å². The molecule has 7 heteroatoms. The van der Waals surface area contributed by atoms with Crippen LogP contribution in [0.3, 0.4) is 0 Å². The molecule has 1 N–H and O–H groups in total. The summed E-state index contributed by atoms with van der Waals surface area (Å²) in [6.07, 6.45) is 4.12. The van der Waals surface area contributed by atoms with E-state index in [9.17, 15) is 4.79 Å². The van der Waals surface area contributed by atoms with Gasteiger partial charge in [0.15, 0.2) is 5.13 Å². The van der Waals surface area contributed by atoms with Crippen LogP contribution in [0.25, 0.3) is 0 Å². The van der Waals surface area contributed by atoms with Crippen molar-refractivity contribution in [3.05, 3.63) is 64.6 Å². The van der Waals surface area contributed by atoms with Crippen LogP contribution in [0.1, 0.15) is 40.7 Å². The van der Waals surface area contributed by atoms with E-state index in [1.54, 1.807) is 11.3 Å². The molecule has 1 amide bonds. The molecule has 0 bridgehead atoms. The van der Waals surface area contributed by atoms with Gasteiger partial charge in [-0.25, -0.2) is 15.0 Å². The predicted octanol–water partition coefficient (Wildman–Crippen LogP) is 4.24. The monoisotopic (exact) mass is 407 g/mol. The maximum atomic E-state index is 12.6. The van der Waals surface area contributed by atoms with Crippen LogP contribution in [0.5, 0.6) is 0 Å². The van der Waals surface area contributed by atoms with Gasteiger partial charge in [-0.1, -0.05) is 30.3 Å². The predicted molar refractivity (Wildman–Crippen MR) is 116 cm³/mol. The van der Waals surface area contributed by atoms with E-state index in [0.717, 1.165) is 53.3 Å². The minimum Gasteiger partial charge on any atom is -0.342 e. The average molecular weight is 408 g/mol. The third kappa shape index (κ3) is 4.98. The second kappa shape index (κ2) is 8.69. The Morgan fingerprint density at radius 2 is 2.07 bits per heavy atom. The van der Waals surface area contributed by atoms with Crippen molar-refractivity contribution in [3.8, 4) is 0 Å². The number of nitrogens with zero attached hydrogens (tertiary/aromatic N) is 4. The smallest absolute Gasteiger partial charge is 0.222 e. The van der Waals surface area contributed by atoms with E-state index in [4.69, 9.17) is 0 Å². The second-order valence-electron chi connectivity index (χ2n) is 7.44. The summed E-state index contributed by atoms with van der Waals surface area (Å²) >= 11 is 1.60. The molecular weight excluding hydrogens is 382 g/mol. The van der Waals surface area contributed by atoms with Gasteiger partial charge in [0.25, 0.3) is 0 Å². The fourth-order valence-electron chi connectivity index (χ4n) is 3.67. The van der Waals surface area contributed by atoms with Gasteiger partial charge in [-0.15, -0.1) is 11.3 Å². The van der Waals surface area contributed by atoms with Crippen LogP contribution >= 0.6 is 11.3 Å². The van der Waals surface area contributed by atoms with E-state index < -0.39 is 0 Å². The highest BCUT2D eigenvalue weighted by atomic mass is 32.1. The summed E-state index contributed by atoms with van der Waals surface area (Å²) in [6.45, 7) is 5.44. The number of likely N-dealkylation sites (tertiary alicyclic amines) is 1. The van der Waals surface area contributed by atoms with E-state index in [0.29, 0.717) is 6.42 Å². The van der Waals surface area contributed by atoms with Crippen molar-refractivity contribution in [1.29, 1.82) is 0 Å². The number of thiazole rings is 1. The number of hydrogen-bond donors (Lipinski definition) is 1. The van der Waals surface area contributed by atoms with Crippen molar-refractivity contribution < 1.29 is 4.79 Å². The number of carbonyl (C=O) groups excluding carboxylic acids is 1. The Bertz CT molecular complexity index is 988. The van der Waals surface area contributed by atoms with Crippen LogP contribution in [-0.4, -0.2) is 38.8 Å². The first-order valence-corrected chi connectivity index (χ1v) is 10.8. The Morgan fingerprint density at radius 3 is 2.83 bits per heavy atom. The lowest BCUT2D eigenvalue weighted by molar-refractivity contribution is -0.130. The largest absolute Gasteiger partial charge is 0.342 e. The lowest BCUT2D eigenvalue weighted by atomic mass is 10.0. The molecule has 29 heavy (non-hydrogen) atoms. The van der Waals surface area contributed by atoms with Crippen LogP contribution in [0.2, 0.25) is 0 Å². The number of carbonyl (C=O) groups is 1. The normalized spacial score (nSPS) is 16.2. The van der Waals surface area contributed by atoms with Crippen molar-refractivity contribution in [2.75, 3.05) is 18.4 Å². The quantitative estimate of drug-likeness (QED) is 0.662. The maximum Gasteiger partial charge on any atom is 0.222 e. The van der Waals surface area contributed by atoms with Gasteiger partial charge < -0.3 is 10.2 Å². The van der Waals surface area contributed by atoms with Crippen molar-refractivity contribution in [2.24, 2.45) is 0 Å². The minimum absolute atomic E-state index is 0.221. The first-order valence-electron chi connectivity index (χ1n) is 9.93. The molecule has 0 unspecified atom stereocenters. The van der Waals surface area contributed by atoms with Crippen LogP contribution < -0.4 is 5.32 Å². The molecule has 150 valence electrons. The summed E-state index contributed by atoms with van der Waals surface area (Å²) in [4.78, 5) is 29.3. The van der Waals surface area contributed by atoms with E-state index in [1.807, 2.05) is 49.2 Å². The van der Waals surface area contributed by atoms with Crippen molar-refractivity contribution >= 4 is 28.2 Å². The SMILES string of the molecule is Cc1nc(Nc2ncc(C)s2)cc([C@H]2CCN(C(=O)CCc3ccccc3)C2)n1. The fourth-order valence-corrected chi connectivity index (χ4v) is 4.34. The van der Waals surface area contributed by atoms with Crippen molar-refractivity contribution in [2.45, 2.75) is 39.0 Å². The van der Waals surface area contributed by atoms with Crippen molar-refractivity contribution in [3.63, 3.8) is 0 Å². The summed E-state index contributed by atoms with van der Waals surface area (Å²) < 4.78 is 0. The first-order chi connectivity index (χ1) is 14.1. The average Bonchev–Trinajstić information content (AvgIpc) is 3.36. The number of aryl methyl sites for hydroxylation is 3.